The van der Waals surface area contributed by atoms with Crippen LogP contribution in [0.4, 0.5) is 0 Å². The zero-order valence-electron chi connectivity index (χ0n) is 12.0. The molecule has 2 unspecified atom stereocenters. The highest BCUT2D eigenvalue weighted by Gasteiger charge is 2.31. The first-order valence-electron chi connectivity index (χ1n) is 7.09. The van der Waals surface area contributed by atoms with Gasteiger partial charge in [0.2, 0.25) is 0 Å². The molecule has 1 fully saturated rings. The standard InChI is InChI=1S/C14H30N2O/c1-5-14(4,10-15-12(2)3)11-16-8-6-7-13(16)9-17/h12-13,15,17H,5-11H2,1-4H3. The van der Waals surface area contributed by atoms with Crippen LogP contribution in [0.2, 0.25) is 0 Å². The van der Waals surface area contributed by atoms with E-state index in [2.05, 4.69) is 37.9 Å². The average molecular weight is 242 g/mol. The average Bonchev–Trinajstić information content (AvgIpc) is 2.73. The Labute approximate surface area is 107 Å². The Balaban J connectivity index is 2.49. The van der Waals surface area contributed by atoms with Gasteiger partial charge in [-0.1, -0.05) is 27.7 Å². The minimum absolute atomic E-state index is 0.317. The van der Waals surface area contributed by atoms with E-state index in [1.807, 2.05) is 0 Å². The zero-order valence-corrected chi connectivity index (χ0v) is 12.0. The van der Waals surface area contributed by atoms with E-state index in [-0.39, 0.29) is 0 Å². The minimum atomic E-state index is 0.317. The van der Waals surface area contributed by atoms with Crippen LogP contribution < -0.4 is 5.32 Å². The molecule has 2 atom stereocenters. The molecule has 0 saturated carbocycles. The van der Waals surface area contributed by atoms with Gasteiger partial charge in [-0.05, 0) is 31.2 Å². The summed E-state index contributed by atoms with van der Waals surface area (Å²) in [7, 11) is 0. The summed E-state index contributed by atoms with van der Waals surface area (Å²) >= 11 is 0. The van der Waals surface area contributed by atoms with Crippen molar-refractivity contribution in [1.82, 2.24) is 10.2 Å². The summed E-state index contributed by atoms with van der Waals surface area (Å²) in [5.74, 6) is 0. The van der Waals surface area contributed by atoms with Crippen molar-refractivity contribution in [1.29, 1.82) is 0 Å². The molecule has 0 amide bonds. The number of aliphatic hydroxyl groups is 1. The molecule has 3 nitrogen and oxygen atoms in total. The highest BCUT2D eigenvalue weighted by Crippen LogP contribution is 2.26. The molecule has 1 aliphatic heterocycles. The number of hydrogen-bond acceptors (Lipinski definition) is 3. The second-order valence-corrected chi connectivity index (χ2v) is 6.15. The molecule has 0 aromatic heterocycles. The molecule has 1 rings (SSSR count). The van der Waals surface area contributed by atoms with Crippen molar-refractivity contribution in [3.05, 3.63) is 0 Å². The molecule has 1 aliphatic rings. The van der Waals surface area contributed by atoms with Gasteiger partial charge in [0.25, 0.3) is 0 Å². The predicted molar refractivity (Wildman–Crippen MR) is 73.2 cm³/mol. The highest BCUT2D eigenvalue weighted by atomic mass is 16.3. The summed E-state index contributed by atoms with van der Waals surface area (Å²) < 4.78 is 0. The maximum atomic E-state index is 9.37. The Hall–Kier alpha value is -0.120. The van der Waals surface area contributed by atoms with Crippen LogP contribution in [0.15, 0.2) is 0 Å². The Bertz CT molecular complexity index is 220. The Morgan fingerprint density at radius 2 is 2.18 bits per heavy atom. The Morgan fingerprint density at radius 3 is 2.71 bits per heavy atom. The van der Waals surface area contributed by atoms with Crippen molar-refractivity contribution < 1.29 is 5.11 Å². The van der Waals surface area contributed by atoms with Gasteiger partial charge in [-0.2, -0.15) is 0 Å². The lowest BCUT2D eigenvalue weighted by Gasteiger charge is -2.36. The van der Waals surface area contributed by atoms with E-state index in [1.165, 1.54) is 12.8 Å². The first-order valence-corrected chi connectivity index (χ1v) is 7.09. The smallest absolute Gasteiger partial charge is 0.0586 e. The number of likely N-dealkylation sites (tertiary alicyclic amines) is 1. The first-order chi connectivity index (χ1) is 8.00. The molecule has 0 aromatic rings. The van der Waals surface area contributed by atoms with Crippen molar-refractivity contribution in [2.75, 3.05) is 26.2 Å². The molecule has 1 heterocycles. The van der Waals surface area contributed by atoms with Crippen molar-refractivity contribution in [2.45, 2.75) is 59.0 Å². The predicted octanol–water partition coefficient (Wildman–Crippen LogP) is 1.86. The molecular weight excluding hydrogens is 212 g/mol. The Kier molecular flexibility index (Phi) is 5.90. The minimum Gasteiger partial charge on any atom is -0.395 e. The third-order valence-corrected chi connectivity index (χ3v) is 4.09. The fourth-order valence-electron chi connectivity index (χ4n) is 2.54. The van der Waals surface area contributed by atoms with E-state index in [9.17, 15) is 5.11 Å². The van der Waals surface area contributed by atoms with Crippen molar-refractivity contribution >= 4 is 0 Å². The summed E-state index contributed by atoms with van der Waals surface area (Å²) in [4.78, 5) is 2.48. The van der Waals surface area contributed by atoms with Crippen LogP contribution in [0, 0.1) is 5.41 Å². The quantitative estimate of drug-likeness (QED) is 0.715. The second-order valence-electron chi connectivity index (χ2n) is 6.15. The molecule has 0 radical (unpaired) electrons. The molecule has 102 valence electrons. The monoisotopic (exact) mass is 242 g/mol. The SMILES string of the molecule is CCC(C)(CNC(C)C)CN1CCCC1CO. The molecule has 0 spiro atoms. The van der Waals surface area contributed by atoms with Crippen LogP contribution >= 0.6 is 0 Å². The molecular formula is C14H30N2O. The van der Waals surface area contributed by atoms with Gasteiger partial charge >= 0.3 is 0 Å². The second kappa shape index (κ2) is 6.72. The number of nitrogens with zero attached hydrogens (tertiary/aromatic N) is 1. The van der Waals surface area contributed by atoms with Gasteiger partial charge in [-0.15, -0.1) is 0 Å². The van der Waals surface area contributed by atoms with Gasteiger partial charge in [0, 0.05) is 25.2 Å². The number of nitrogens with one attached hydrogen (secondary N) is 1. The number of hydrogen-bond donors (Lipinski definition) is 2. The van der Waals surface area contributed by atoms with Crippen LogP contribution in [0.5, 0.6) is 0 Å². The van der Waals surface area contributed by atoms with E-state index in [0.29, 0.717) is 24.1 Å². The third kappa shape index (κ3) is 4.57. The summed E-state index contributed by atoms with van der Waals surface area (Å²) in [6.45, 7) is 12.7. The van der Waals surface area contributed by atoms with E-state index < -0.39 is 0 Å². The van der Waals surface area contributed by atoms with E-state index in [0.717, 1.165) is 26.1 Å². The maximum absolute atomic E-state index is 9.37. The van der Waals surface area contributed by atoms with Crippen LogP contribution in [-0.2, 0) is 0 Å². The first kappa shape index (κ1) is 14.9. The van der Waals surface area contributed by atoms with E-state index in [4.69, 9.17) is 0 Å². The van der Waals surface area contributed by atoms with Gasteiger partial charge in [-0.3, -0.25) is 4.90 Å². The summed E-state index contributed by atoms with van der Waals surface area (Å²) in [5, 5.41) is 12.9. The Morgan fingerprint density at radius 1 is 1.47 bits per heavy atom. The number of rotatable bonds is 7. The largest absolute Gasteiger partial charge is 0.395 e. The third-order valence-electron chi connectivity index (χ3n) is 4.09. The summed E-state index contributed by atoms with van der Waals surface area (Å²) in [6, 6.07) is 0.952. The lowest BCUT2D eigenvalue weighted by molar-refractivity contribution is 0.105. The highest BCUT2D eigenvalue weighted by molar-refractivity contribution is 4.86. The van der Waals surface area contributed by atoms with Crippen molar-refractivity contribution in [2.24, 2.45) is 5.41 Å². The van der Waals surface area contributed by atoms with E-state index >= 15 is 0 Å². The lowest BCUT2D eigenvalue weighted by atomic mass is 9.86. The maximum Gasteiger partial charge on any atom is 0.0586 e. The molecule has 0 bridgehead atoms. The molecule has 1 saturated heterocycles. The van der Waals surface area contributed by atoms with Gasteiger partial charge in [0.05, 0.1) is 6.61 Å². The van der Waals surface area contributed by atoms with Crippen LogP contribution in [-0.4, -0.2) is 48.3 Å². The van der Waals surface area contributed by atoms with Gasteiger partial charge in [0.1, 0.15) is 0 Å². The summed E-state index contributed by atoms with van der Waals surface area (Å²) in [5.41, 5.74) is 0.321. The van der Waals surface area contributed by atoms with Gasteiger partial charge < -0.3 is 10.4 Å². The topological polar surface area (TPSA) is 35.5 Å². The van der Waals surface area contributed by atoms with Crippen LogP contribution in [0.3, 0.4) is 0 Å². The van der Waals surface area contributed by atoms with E-state index in [1.54, 1.807) is 0 Å². The summed E-state index contributed by atoms with van der Waals surface area (Å²) in [6.07, 6.45) is 3.58. The van der Waals surface area contributed by atoms with Gasteiger partial charge in [0.15, 0.2) is 0 Å². The lowest BCUT2D eigenvalue weighted by Crippen LogP contribution is -2.45. The van der Waals surface area contributed by atoms with Crippen molar-refractivity contribution in [3.8, 4) is 0 Å². The number of aliphatic hydroxyl groups excluding tert-OH is 1. The normalized spacial score (nSPS) is 25.4. The fraction of sp³-hybridized carbons (Fsp3) is 1.00. The van der Waals surface area contributed by atoms with Crippen LogP contribution in [0.25, 0.3) is 0 Å². The molecule has 17 heavy (non-hydrogen) atoms. The molecule has 0 aromatic carbocycles. The molecule has 0 aliphatic carbocycles. The van der Waals surface area contributed by atoms with Crippen LogP contribution in [0.1, 0.15) is 47.0 Å². The molecule has 3 heteroatoms. The fourth-order valence-corrected chi connectivity index (χ4v) is 2.54. The molecule has 2 N–H and O–H groups in total. The van der Waals surface area contributed by atoms with Crippen molar-refractivity contribution in [3.63, 3.8) is 0 Å². The zero-order chi connectivity index (χ0) is 12.9. The van der Waals surface area contributed by atoms with Gasteiger partial charge in [-0.25, -0.2) is 0 Å².